The Hall–Kier alpha value is -1.77. The summed E-state index contributed by atoms with van der Waals surface area (Å²) in [5.74, 6) is 0.360. The van der Waals surface area contributed by atoms with Gasteiger partial charge in [-0.15, -0.1) is 0 Å². The zero-order valence-corrected chi connectivity index (χ0v) is 12.3. The summed E-state index contributed by atoms with van der Waals surface area (Å²) in [7, 11) is 0. The average molecular weight is 295 g/mol. The second kappa shape index (κ2) is 7.30. The lowest BCUT2D eigenvalue weighted by Crippen LogP contribution is -2.26. The van der Waals surface area contributed by atoms with Crippen LogP contribution in [0, 0.1) is 0 Å². The van der Waals surface area contributed by atoms with E-state index in [1.807, 2.05) is 18.4 Å². The Kier molecular flexibility index (Phi) is 5.43. The number of imidazole rings is 1. The van der Waals surface area contributed by atoms with Crippen molar-refractivity contribution in [3.63, 3.8) is 0 Å². The summed E-state index contributed by atoms with van der Waals surface area (Å²) >= 11 is 0. The van der Waals surface area contributed by atoms with Gasteiger partial charge >= 0.3 is 0 Å². The number of nitrogens with two attached hydrogens (primary N) is 1. The molecule has 2 rings (SSSR count). The van der Waals surface area contributed by atoms with Crippen LogP contribution < -0.4 is 5.73 Å². The smallest absolute Gasteiger partial charge is 0.165 e. The third kappa shape index (κ3) is 3.87. The van der Waals surface area contributed by atoms with Crippen LogP contribution in [0.25, 0.3) is 11.2 Å². The van der Waals surface area contributed by atoms with E-state index in [0.29, 0.717) is 36.6 Å². The monoisotopic (exact) mass is 295 g/mol. The molecular weight excluding hydrogens is 274 g/mol. The number of aliphatic hydroxyl groups excluding tert-OH is 1. The van der Waals surface area contributed by atoms with Gasteiger partial charge in [0, 0.05) is 13.2 Å². The summed E-state index contributed by atoms with van der Waals surface area (Å²) in [6.45, 7) is 4.82. The molecule has 3 N–H and O–H groups in total. The van der Waals surface area contributed by atoms with Crippen molar-refractivity contribution in [2.75, 3.05) is 18.9 Å². The lowest BCUT2D eigenvalue weighted by molar-refractivity contribution is -0.167. The quantitative estimate of drug-likeness (QED) is 0.685. The van der Waals surface area contributed by atoms with Crippen LogP contribution in [0.5, 0.6) is 0 Å². The summed E-state index contributed by atoms with van der Waals surface area (Å²) < 4.78 is 12.8. The molecular formula is C13H21N5O3. The highest BCUT2D eigenvalue weighted by Crippen LogP contribution is 2.15. The molecule has 2 atom stereocenters. The van der Waals surface area contributed by atoms with Gasteiger partial charge in [-0.25, -0.2) is 15.0 Å². The molecule has 0 amide bonds. The van der Waals surface area contributed by atoms with Gasteiger partial charge in [-0.2, -0.15) is 0 Å². The molecule has 0 spiro atoms. The first-order chi connectivity index (χ1) is 10.2. The number of rotatable bonds is 8. The molecule has 2 unspecified atom stereocenters. The van der Waals surface area contributed by atoms with Crippen molar-refractivity contribution in [1.82, 2.24) is 19.5 Å². The number of anilines is 1. The molecule has 0 aliphatic carbocycles. The van der Waals surface area contributed by atoms with Crippen molar-refractivity contribution < 1.29 is 14.6 Å². The summed E-state index contributed by atoms with van der Waals surface area (Å²) in [6.07, 6.45) is 3.04. The molecule has 2 heterocycles. The van der Waals surface area contributed by atoms with Crippen LogP contribution >= 0.6 is 0 Å². The summed E-state index contributed by atoms with van der Waals surface area (Å²) in [4.78, 5) is 12.3. The maximum atomic E-state index is 9.38. The van der Waals surface area contributed by atoms with E-state index < -0.39 is 0 Å². The fourth-order valence-electron chi connectivity index (χ4n) is 2.09. The van der Waals surface area contributed by atoms with Gasteiger partial charge in [0.2, 0.25) is 0 Å². The first-order valence-electron chi connectivity index (χ1n) is 6.95. The van der Waals surface area contributed by atoms with Crippen LogP contribution in [0.15, 0.2) is 12.7 Å². The second-order valence-electron chi connectivity index (χ2n) is 4.62. The third-order valence-electron chi connectivity index (χ3n) is 3.11. The van der Waals surface area contributed by atoms with E-state index in [4.69, 9.17) is 15.2 Å². The molecule has 8 heteroatoms. The number of ether oxygens (including phenoxy) is 2. The van der Waals surface area contributed by atoms with Gasteiger partial charge in [-0.1, -0.05) is 0 Å². The normalized spacial score (nSPS) is 14.4. The average Bonchev–Trinajstić information content (AvgIpc) is 2.88. The molecule has 0 aliphatic heterocycles. The van der Waals surface area contributed by atoms with Crippen molar-refractivity contribution in [1.29, 1.82) is 0 Å². The van der Waals surface area contributed by atoms with E-state index in [-0.39, 0.29) is 19.0 Å². The van der Waals surface area contributed by atoms with Crippen molar-refractivity contribution >= 4 is 17.0 Å². The van der Waals surface area contributed by atoms with Gasteiger partial charge in [0.1, 0.15) is 11.8 Å². The fraction of sp³-hybridized carbons (Fsp3) is 0.615. The van der Waals surface area contributed by atoms with E-state index in [9.17, 15) is 5.11 Å². The zero-order chi connectivity index (χ0) is 15.2. The molecule has 2 aromatic heterocycles. The van der Waals surface area contributed by atoms with Crippen LogP contribution in [-0.2, 0) is 16.0 Å². The number of hydrogen-bond acceptors (Lipinski definition) is 7. The molecule has 0 fully saturated rings. The van der Waals surface area contributed by atoms with Gasteiger partial charge in [-0.05, 0) is 20.3 Å². The van der Waals surface area contributed by atoms with Gasteiger partial charge < -0.3 is 24.9 Å². The van der Waals surface area contributed by atoms with Crippen molar-refractivity contribution in [3.8, 4) is 0 Å². The topological polar surface area (TPSA) is 108 Å². The molecule has 21 heavy (non-hydrogen) atoms. The van der Waals surface area contributed by atoms with E-state index >= 15 is 0 Å². The number of nitrogen functional groups attached to an aromatic ring is 1. The van der Waals surface area contributed by atoms with E-state index in [1.54, 1.807) is 6.33 Å². The Balaban J connectivity index is 1.98. The lowest BCUT2D eigenvalue weighted by Gasteiger charge is -2.20. The van der Waals surface area contributed by atoms with Crippen LogP contribution in [0.2, 0.25) is 0 Å². The largest absolute Gasteiger partial charge is 0.394 e. The Morgan fingerprint density at radius 3 is 2.90 bits per heavy atom. The SMILES string of the molecule is CCOC(C)OC(CO)CCn1cnc2c(N)ncnc21. The van der Waals surface area contributed by atoms with Crippen LogP contribution in [0.1, 0.15) is 20.3 Å². The number of nitrogens with zero attached hydrogens (tertiary/aromatic N) is 4. The van der Waals surface area contributed by atoms with Gasteiger partial charge in [0.25, 0.3) is 0 Å². The van der Waals surface area contributed by atoms with Gasteiger partial charge in [0.05, 0.1) is 19.0 Å². The minimum atomic E-state index is -0.343. The van der Waals surface area contributed by atoms with Crippen molar-refractivity contribution in [2.45, 2.75) is 39.2 Å². The molecule has 0 saturated carbocycles. The van der Waals surface area contributed by atoms with Crippen LogP contribution in [0.4, 0.5) is 5.82 Å². The Labute approximate surface area is 122 Å². The highest BCUT2D eigenvalue weighted by molar-refractivity contribution is 5.80. The number of aryl methyl sites for hydroxylation is 1. The van der Waals surface area contributed by atoms with Gasteiger partial charge in [0.15, 0.2) is 17.8 Å². The van der Waals surface area contributed by atoms with Crippen molar-refractivity contribution in [2.24, 2.45) is 0 Å². The Bertz CT molecular complexity index is 574. The minimum absolute atomic E-state index is 0.0683. The molecule has 0 aliphatic rings. The predicted molar refractivity (Wildman–Crippen MR) is 77.4 cm³/mol. The number of aliphatic hydroxyl groups is 1. The number of aromatic nitrogens is 4. The number of hydrogen-bond donors (Lipinski definition) is 2. The van der Waals surface area contributed by atoms with E-state index in [1.165, 1.54) is 6.33 Å². The van der Waals surface area contributed by atoms with Gasteiger partial charge in [-0.3, -0.25) is 0 Å². The first-order valence-corrected chi connectivity index (χ1v) is 6.95. The zero-order valence-electron chi connectivity index (χ0n) is 12.3. The van der Waals surface area contributed by atoms with Crippen molar-refractivity contribution in [3.05, 3.63) is 12.7 Å². The summed E-state index contributed by atoms with van der Waals surface area (Å²) in [5, 5.41) is 9.38. The summed E-state index contributed by atoms with van der Waals surface area (Å²) in [6, 6.07) is 0. The highest BCUT2D eigenvalue weighted by Gasteiger charge is 2.14. The minimum Gasteiger partial charge on any atom is -0.394 e. The molecule has 0 aromatic carbocycles. The first kappa shape index (κ1) is 15.6. The Morgan fingerprint density at radius 1 is 1.38 bits per heavy atom. The second-order valence-corrected chi connectivity index (χ2v) is 4.62. The summed E-state index contributed by atoms with van der Waals surface area (Å²) in [5.41, 5.74) is 7.01. The number of fused-ring (bicyclic) bond motifs is 1. The Morgan fingerprint density at radius 2 is 2.19 bits per heavy atom. The van der Waals surface area contributed by atoms with Crippen LogP contribution in [0.3, 0.4) is 0 Å². The van der Waals surface area contributed by atoms with E-state index in [0.717, 1.165) is 0 Å². The molecule has 0 saturated heterocycles. The molecule has 2 aromatic rings. The molecule has 0 bridgehead atoms. The van der Waals surface area contributed by atoms with Crippen LogP contribution in [-0.4, -0.2) is 50.2 Å². The molecule has 8 nitrogen and oxygen atoms in total. The fourth-order valence-corrected chi connectivity index (χ4v) is 2.09. The maximum Gasteiger partial charge on any atom is 0.165 e. The predicted octanol–water partition coefficient (Wildman–Crippen LogP) is 0.559. The lowest BCUT2D eigenvalue weighted by atomic mass is 10.2. The standard InChI is InChI=1S/C13H21N5O3/c1-3-20-9(2)21-10(6-19)4-5-18-8-17-11-12(14)15-7-16-13(11)18/h7-10,19H,3-6H2,1-2H3,(H2,14,15,16). The molecule has 0 radical (unpaired) electrons. The maximum absolute atomic E-state index is 9.38. The van der Waals surface area contributed by atoms with E-state index in [2.05, 4.69) is 15.0 Å². The highest BCUT2D eigenvalue weighted by atomic mass is 16.7. The molecule has 116 valence electrons. The third-order valence-corrected chi connectivity index (χ3v) is 3.11.